The molecule has 0 saturated carbocycles. The molecule has 0 heterocycles. The van der Waals surface area contributed by atoms with Crippen LogP contribution >= 0.6 is 34.8 Å². The third-order valence-corrected chi connectivity index (χ3v) is 7.50. The van der Waals surface area contributed by atoms with Crippen LogP contribution in [0.2, 0.25) is 15.1 Å². The number of anilines is 1. The number of sulfonamides is 1. The van der Waals surface area contributed by atoms with Crippen LogP contribution in [0.25, 0.3) is 0 Å². The molecule has 0 bridgehead atoms. The van der Waals surface area contributed by atoms with Crippen molar-refractivity contribution < 1.29 is 18.0 Å². The third kappa shape index (κ3) is 7.74. The summed E-state index contributed by atoms with van der Waals surface area (Å²) in [5, 5.41) is 3.94. The van der Waals surface area contributed by atoms with Crippen LogP contribution in [0, 0.1) is 6.92 Å². The molecular formula is C24H30Cl3N3O4S. The quantitative estimate of drug-likeness (QED) is 0.415. The van der Waals surface area contributed by atoms with E-state index in [4.69, 9.17) is 34.8 Å². The molecular weight excluding hydrogens is 533 g/mol. The van der Waals surface area contributed by atoms with Crippen LogP contribution in [0.1, 0.15) is 37.8 Å². The Hall–Kier alpha value is -2.00. The lowest BCUT2D eigenvalue weighted by atomic mass is 10.1. The summed E-state index contributed by atoms with van der Waals surface area (Å²) in [6.07, 6.45) is 2.06. The summed E-state index contributed by atoms with van der Waals surface area (Å²) < 4.78 is 26.4. The van der Waals surface area contributed by atoms with Crippen molar-refractivity contribution in [2.24, 2.45) is 0 Å². The van der Waals surface area contributed by atoms with Gasteiger partial charge in [0.05, 0.1) is 11.9 Å². The van der Waals surface area contributed by atoms with E-state index in [0.717, 1.165) is 17.0 Å². The summed E-state index contributed by atoms with van der Waals surface area (Å²) in [7, 11) is -3.85. The number of carbonyl (C=O) groups is 2. The van der Waals surface area contributed by atoms with Gasteiger partial charge in [0.15, 0.2) is 0 Å². The fourth-order valence-corrected chi connectivity index (χ4v) is 5.28. The van der Waals surface area contributed by atoms with Crippen molar-refractivity contribution in [2.75, 3.05) is 23.7 Å². The minimum Gasteiger partial charge on any atom is -0.354 e. The molecule has 7 nitrogen and oxygen atoms in total. The Morgan fingerprint density at radius 1 is 1.06 bits per heavy atom. The number of hydrogen-bond donors (Lipinski definition) is 1. The number of benzene rings is 2. The maximum Gasteiger partial charge on any atom is 0.244 e. The molecule has 1 atom stereocenters. The summed E-state index contributed by atoms with van der Waals surface area (Å²) in [4.78, 5) is 28.0. The number of nitrogens with zero attached hydrogens (tertiary/aromatic N) is 2. The highest BCUT2D eigenvalue weighted by molar-refractivity contribution is 7.92. The highest BCUT2D eigenvalue weighted by atomic mass is 35.5. The second kappa shape index (κ2) is 12.8. The Labute approximate surface area is 222 Å². The second-order valence-corrected chi connectivity index (χ2v) is 11.3. The first-order valence-corrected chi connectivity index (χ1v) is 14.1. The maximum atomic E-state index is 13.7. The van der Waals surface area contributed by atoms with E-state index in [1.165, 1.54) is 4.90 Å². The Morgan fingerprint density at radius 3 is 2.20 bits per heavy atom. The van der Waals surface area contributed by atoms with E-state index in [1.807, 2.05) is 6.92 Å². The van der Waals surface area contributed by atoms with Gasteiger partial charge in [0.25, 0.3) is 0 Å². The van der Waals surface area contributed by atoms with Gasteiger partial charge in [-0.05, 0) is 55.7 Å². The molecule has 0 radical (unpaired) electrons. The standard InChI is InChI=1S/C24H30Cl3N3O4S/c1-5-12-28-24(32)21(6-2)29(14-18-19(26)8-7-9-20(18)27)23(31)15-30(35(4,33)34)22-11-10-17(25)13-16(22)3/h7-11,13,21H,5-6,12,14-15H2,1-4H3,(H,28,32). The second-order valence-electron chi connectivity index (χ2n) is 8.14. The zero-order valence-electron chi connectivity index (χ0n) is 20.1. The molecule has 0 spiro atoms. The SMILES string of the molecule is CCCNC(=O)C(CC)N(Cc1c(Cl)cccc1Cl)C(=O)CN(c1ccc(Cl)cc1C)S(C)(=O)=O. The summed E-state index contributed by atoms with van der Waals surface area (Å²) in [6, 6.07) is 8.84. The highest BCUT2D eigenvalue weighted by Gasteiger charge is 2.32. The fourth-order valence-electron chi connectivity index (χ4n) is 3.63. The van der Waals surface area contributed by atoms with Crippen LogP contribution in [0.5, 0.6) is 0 Å². The van der Waals surface area contributed by atoms with E-state index < -0.39 is 28.5 Å². The molecule has 2 aromatic carbocycles. The van der Waals surface area contributed by atoms with Crippen molar-refractivity contribution in [3.05, 3.63) is 62.6 Å². The molecule has 1 N–H and O–H groups in total. The lowest BCUT2D eigenvalue weighted by molar-refractivity contribution is -0.140. The van der Waals surface area contributed by atoms with Gasteiger partial charge < -0.3 is 10.2 Å². The Kier molecular flexibility index (Phi) is 10.7. The van der Waals surface area contributed by atoms with Gasteiger partial charge in [-0.25, -0.2) is 8.42 Å². The highest BCUT2D eigenvalue weighted by Crippen LogP contribution is 2.29. The van der Waals surface area contributed by atoms with Crippen molar-refractivity contribution >= 4 is 62.3 Å². The average molecular weight is 563 g/mol. The van der Waals surface area contributed by atoms with Crippen LogP contribution in [0.3, 0.4) is 0 Å². The number of amides is 2. The van der Waals surface area contributed by atoms with E-state index in [0.29, 0.717) is 44.8 Å². The molecule has 0 aliphatic rings. The van der Waals surface area contributed by atoms with Gasteiger partial charge in [0.2, 0.25) is 21.8 Å². The van der Waals surface area contributed by atoms with Crippen molar-refractivity contribution in [3.63, 3.8) is 0 Å². The molecule has 2 amide bonds. The van der Waals surface area contributed by atoms with Gasteiger partial charge >= 0.3 is 0 Å². The molecule has 0 aromatic heterocycles. The smallest absolute Gasteiger partial charge is 0.244 e. The normalized spacial score (nSPS) is 12.2. The number of aryl methyl sites for hydroxylation is 1. The first-order chi connectivity index (χ1) is 16.4. The van der Waals surface area contributed by atoms with Crippen LogP contribution in [0.4, 0.5) is 5.69 Å². The van der Waals surface area contributed by atoms with Gasteiger partial charge in [-0.2, -0.15) is 0 Å². The average Bonchev–Trinajstić information content (AvgIpc) is 2.77. The van der Waals surface area contributed by atoms with Crippen LogP contribution in [0.15, 0.2) is 36.4 Å². The summed E-state index contributed by atoms with van der Waals surface area (Å²) in [5.74, 6) is -0.904. The fraction of sp³-hybridized carbons (Fsp3) is 0.417. The molecule has 0 fully saturated rings. The van der Waals surface area contributed by atoms with Crippen molar-refractivity contribution in [1.29, 1.82) is 0 Å². The van der Waals surface area contributed by atoms with E-state index in [1.54, 1.807) is 50.2 Å². The van der Waals surface area contributed by atoms with Gasteiger partial charge in [-0.1, -0.05) is 54.7 Å². The molecule has 192 valence electrons. The predicted octanol–water partition coefficient (Wildman–Crippen LogP) is 5.05. The van der Waals surface area contributed by atoms with Crippen LogP contribution in [-0.4, -0.2) is 50.5 Å². The van der Waals surface area contributed by atoms with E-state index in [-0.39, 0.29) is 12.5 Å². The Bertz CT molecular complexity index is 1150. The molecule has 2 aromatic rings. The number of hydrogen-bond acceptors (Lipinski definition) is 4. The summed E-state index contributed by atoms with van der Waals surface area (Å²) in [5.41, 5.74) is 1.38. The number of halogens is 3. The minimum absolute atomic E-state index is 0.0629. The first-order valence-electron chi connectivity index (χ1n) is 11.1. The molecule has 0 aliphatic heterocycles. The zero-order valence-corrected chi connectivity index (χ0v) is 23.2. The summed E-state index contributed by atoms with van der Waals surface area (Å²) in [6.45, 7) is 5.28. The molecule has 2 rings (SSSR count). The summed E-state index contributed by atoms with van der Waals surface area (Å²) >= 11 is 18.8. The Balaban J connectivity index is 2.52. The topological polar surface area (TPSA) is 86.8 Å². The lowest BCUT2D eigenvalue weighted by Gasteiger charge is -2.33. The van der Waals surface area contributed by atoms with Crippen molar-refractivity contribution in [3.8, 4) is 0 Å². The molecule has 1 unspecified atom stereocenters. The van der Waals surface area contributed by atoms with E-state index in [2.05, 4.69) is 5.32 Å². The molecule has 35 heavy (non-hydrogen) atoms. The molecule has 0 saturated heterocycles. The number of rotatable bonds is 11. The third-order valence-electron chi connectivity index (χ3n) is 5.43. The monoisotopic (exact) mass is 561 g/mol. The van der Waals surface area contributed by atoms with Gasteiger partial charge in [-0.15, -0.1) is 0 Å². The number of carbonyl (C=O) groups excluding carboxylic acids is 2. The van der Waals surface area contributed by atoms with Gasteiger partial charge in [0.1, 0.15) is 12.6 Å². The lowest BCUT2D eigenvalue weighted by Crippen LogP contribution is -2.52. The first kappa shape index (κ1) is 29.2. The molecule has 0 aliphatic carbocycles. The predicted molar refractivity (Wildman–Crippen MR) is 143 cm³/mol. The Morgan fingerprint density at radius 2 is 1.69 bits per heavy atom. The van der Waals surface area contributed by atoms with Crippen LogP contribution < -0.4 is 9.62 Å². The van der Waals surface area contributed by atoms with Crippen LogP contribution in [-0.2, 0) is 26.2 Å². The number of nitrogens with one attached hydrogen (secondary N) is 1. The van der Waals surface area contributed by atoms with Gasteiger partial charge in [-0.3, -0.25) is 13.9 Å². The van der Waals surface area contributed by atoms with E-state index >= 15 is 0 Å². The largest absolute Gasteiger partial charge is 0.354 e. The zero-order chi connectivity index (χ0) is 26.3. The van der Waals surface area contributed by atoms with Crippen molar-refractivity contribution in [2.45, 2.75) is 46.2 Å². The minimum atomic E-state index is -3.85. The molecule has 11 heteroatoms. The van der Waals surface area contributed by atoms with E-state index in [9.17, 15) is 18.0 Å². The van der Waals surface area contributed by atoms with Crippen molar-refractivity contribution in [1.82, 2.24) is 10.2 Å². The maximum absolute atomic E-state index is 13.7. The van der Waals surface area contributed by atoms with Gasteiger partial charge in [0, 0.05) is 33.7 Å².